The molecule has 12 atom stereocenters. The summed E-state index contributed by atoms with van der Waals surface area (Å²) in [5.41, 5.74) is 8.74. The predicted molar refractivity (Wildman–Crippen MR) is 123 cm³/mol. The molecule has 0 spiro atoms. The van der Waals surface area contributed by atoms with Gasteiger partial charge in [-0.25, -0.2) is 0 Å². The van der Waals surface area contributed by atoms with Crippen LogP contribution in [0.15, 0.2) is 11.6 Å². The molecule has 2 heterocycles. The number of fused-ring (bicyclic) bond motifs is 8. The molecule has 4 nitrogen and oxygen atoms in total. The molecule has 0 unspecified atom stereocenters. The minimum Gasteiger partial charge on any atom is -0.364 e. The van der Waals surface area contributed by atoms with Crippen molar-refractivity contribution in [3.8, 4) is 0 Å². The summed E-state index contributed by atoms with van der Waals surface area (Å²) < 4.78 is 6.69. The molecule has 4 heteroatoms. The highest BCUT2D eigenvalue weighted by atomic mass is 16.6. The first-order valence-electron chi connectivity index (χ1n) is 13.2. The van der Waals surface area contributed by atoms with Gasteiger partial charge < -0.3 is 20.9 Å². The average molecular weight is 429 g/mol. The summed E-state index contributed by atoms with van der Waals surface area (Å²) in [7, 11) is 0. The SMILES string of the molecule is C[C@@H]1CN[C@@H]2[C@H](C)[C@@H]3[C@@H](C[C@@H]4[C@H]5CC=C6C[C@@H](N)CC[C@]6(C)[C@H]5CC[C@]34C)O[C@]2(O)C1. The fourth-order valence-electron chi connectivity index (χ4n) is 10.2. The number of nitrogens with one attached hydrogen (secondary N) is 1. The van der Waals surface area contributed by atoms with Crippen LogP contribution in [0.3, 0.4) is 0 Å². The Morgan fingerprint density at radius 2 is 1.97 bits per heavy atom. The molecule has 0 bridgehead atoms. The molecule has 5 fully saturated rings. The monoisotopic (exact) mass is 428 g/mol. The van der Waals surface area contributed by atoms with Crippen LogP contribution in [0.25, 0.3) is 0 Å². The Bertz CT molecular complexity index is 783. The molecule has 2 saturated heterocycles. The highest BCUT2D eigenvalue weighted by Crippen LogP contribution is 2.69. The highest BCUT2D eigenvalue weighted by molar-refractivity contribution is 5.26. The third kappa shape index (κ3) is 2.80. The number of allylic oxidation sites excluding steroid dienone is 1. The van der Waals surface area contributed by atoms with E-state index in [1.807, 2.05) is 0 Å². The second-order valence-electron chi connectivity index (χ2n) is 13.1. The van der Waals surface area contributed by atoms with Gasteiger partial charge in [-0.3, -0.25) is 0 Å². The minimum absolute atomic E-state index is 0.0773. The van der Waals surface area contributed by atoms with Crippen molar-refractivity contribution in [2.75, 3.05) is 6.54 Å². The molecular formula is C27H44N2O2. The van der Waals surface area contributed by atoms with Gasteiger partial charge in [-0.05, 0) is 97.8 Å². The lowest BCUT2D eigenvalue weighted by molar-refractivity contribution is -0.310. The first-order valence-corrected chi connectivity index (χ1v) is 13.2. The largest absolute Gasteiger partial charge is 0.364 e. The lowest BCUT2D eigenvalue weighted by Gasteiger charge is -2.60. The lowest BCUT2D eigenvalue weighted by atomic mass is 9.46. The standard InChI is InChI=1S/C27H44N2O2/c1-15-13-27(30)24(29-14-15)16(2)23-22(31-27)12-21-19-6-5-17-11-18(28)7-9-25(17,3)20(19)8-10-26(21,23)4/h5,15-16,18-24,29-30H,6-14,28H2,1-4H3/t15-,16+,18-,19-,20-,21+,22+,23+,24+,25-,26-,27+/m0/s1. The molecule has 3 saturated carbocycles. The smallest absolute Gasteiger partial charge is 0.181 e. The van der Waals surface area contributed by atoms with Gasteiger partial charge in [0.05, 0.1) is 12.1 Å². The Hall–Kier alpha value is -0.420. The number of rotatable bonds is 0. The van der Waals surface area contributed by atoms with Gasteiger partial charge in [-0.1, -0.05) is 39.3 Å². The summed E-state index contributed by atoms with van der Waals surface area (Å²) in [6.07, 6.45) is 12.2. The molecule has 0 aromatic heterocycles. The molecule has 174 valence electrons. The van der Waals surface area contributed by atoms with Crippen molar-refractivity contribution >= 4 is 0 Å². The topological polar surface area (TPSA) is 67.5 Å². The fraction of sp³-hybridized carbons (Fsp3) is 0.926. The zero-order valence-electron chi connectivity index (χ0n) is 20.1. The van der Waals surface area contributed by atoms with E-state index in [9.17, 15) is 5.11 Å². The maximum atomic E-state index is 11.5. The van der Waals surface area contributed by atoms with Crippen LogP contribution in [0.1, 0.15) is 79.1 Å². The van der Waals surface area contributed by atoms with Crippen LogP contribution in [0.2, 0.25) is 0 Å². The van der Waals surface area contributed by atoms with E-state index in [0.717, 1.165) is 43.6 Å². The van der Waals surface area contributed by atoms with Crippen molar-refractivity contribution < 1.29 is 9.84 Å². The molecule has 4 N–H and O–H groups in total. The number of aliphatic hydroxyl groups is 1. The van der Waals surface area contributed by atoms with Gasteiger partial charge in [-0.2, -0.15) is 0 Å². The molecular weight excluding hydrogens is 384 g/mol. The van der Waals surface area contributed by atoms with Crippen LogP contribution < -0.4 is 11.1 Å². The van der Waals surface area contributed by atoms with Crippen LogP contribution in [-0.2, 0) is 4.74 Å². The van der Waals surface area contributed by atoms with Gasteiger partial charge in [-0.15, -0.1) is 0 Å². The van der Waals surface area contributed by atoms with Crippen LogP contribution >= 0.6 is 0 Å². The van der Waals surface area contributed by atoms with E-state index >= 15 is 0 Å². The molecule has 4 aliphatic carbocycles. The Kier molecular flexibility index (Phi) is 4.64. The summed E-state index contributed by atoms with van der Waals surface area (Å²) in [5, 5.41) is 15.2. The van der Waals surface area contributed by atoms with Crippen molar-refractivity contribution in [2.45, 2.75) is 103 Å². The Balaban J connectivity index is 1.32. The zero-order chi connectivity index (χ0) is 21.8. The number of ether oxygens (including phenoxy) is 1. The van der Waals surface area contributed by atoms with E-state index in [0.29, 0.717) is 34.6 Å². The fourth-order valence-corrected chi connectivity index (χ4v) is 10.2. The number of hydrogen-bond acceptors (Lipinski definition) is 4. The predicted octanol–water partition coefficient (Wildman–Crippen LogP) is 4.22. The van der Waals surface area contributed by atoms with Crippen LogP contribution in [0.5, 0.6) is 0 Å². The quantitative estimate of drug-likeness (QED) is 0.505. The van der Waals surface area contributed by atoms with Crippen LogP contribution in [0.4, 0.5) is 0 Å². The molecule has 0 aromatic rings. The highest BCUT2D eigenvalue weighted by Gasteiger charge is 2.67. The zero-order valence-corrected chi connectivity index (χ0v) is 20.1. The Morgan fingerprint density at radius 3 is 2.77 bits per heavy atom. The summed E-state index contributed by atoms with van der Waals surface area (Å²) in [5.74, 6) is 2.79. The Labute approximate surface area is 188 Å². The summed E-state index contributed by atoms with van der Waals surface area (Å²) in [4.78, 5) is 0. The number of nitrogens with two attached hydrogens (primary N) is 1. The summed E-state index contributed by atoms with van der Waals surface area (Å²) in [6, 6.07) is 0.445. The van der Waals surface area contributed by atoms with Gasteiger partial charge in [0.1, 0.15) is 0 Å². The molecule has 6 rings (SSSR count). The van der Waals surface area contributed by atoms with Crippen molar-refractivity contribution in [3.63, 3.8) is 0 Å². The molecule has 0 aromatic carbocycles. The van der Waals surface area contributed by atoms with Gasteiger partial charge >= 0.3 is 0 Å². The van der Waals surface area contributed by atoms with Crippen molar-refractivity contribution in [1.29, 1.82) is 0 Å². The van der Waals surface area contributed by atoms with E-state index in [1.165, 1.54) is 32.1 Å². The second-order valence-corrected chi connectivity index (χ2v) is 13.1. The molecule has 0 amide bonds. The van der Waals surface area contributed by atoms with Crippen LogP contribution in [-0.4, -0.2) is 35.6 Å². The second kappa shape index (κ2) is 6.81. The molecule has 2 aliphatic heterocycles. The van der Waals surface area contributed by atoms with E-state index in [1.54, 1.807) is 5.57 Å². The van der Waals surface area contributed by atoms with Crippen molar-refractivity contribution in [3.05, 3.63) is 11.6 Å². The first kappa shape index (κ1) is 21.1. The van der Waals surface area contributed by atoms with Gasteiger partial charge in [0.25, 0.3) is 0 Å². The van der Waals surface area contributed by atoms with E-state index in [2.05, 4.69) is 39.1 Å². The maximum Gasteiger partial charge on any atom is 0.181 e. The van der Waals surface area contributed by atoms with Gasteiger partial charge in [0.15, 0.2) is 5.79 Å². The summed E-state index contributed by atoms with van der Waals surface area (Å²) in [6.45, 7) is 10.8. The third-order valence-electron chi connectivity index (χ3n) is 11.5. The van der Waals surface area contributed by atoms with Crippen LogP contribution in [0, 0.1) is 46.3 Å². The van der Waals surface area contributed by atoms with Crippen molar-refractivity contribution in [2.24, 2.45) is 52.1 Å². The van der Waals surface area contributed by atoms with E-state index in [-0.39, 0.29) is 12.1 Å². The van der Waals surface area contributed by atoms with E-state index < -0.39 is 5.79 Å². The average Bonchev–Trinajstić information content (AvgIpc) is 2.99. The first-order chi connectivity index (χ1) is 14.7. The van der Waals surface area contributed by atoms with Gasteiger partial charge in [0, 0.05) is 12.5 Å². The molecule has 0 radical (unpaired) electrons. The molecule has 6 aliphatic rings. The maximum absolute atomic E-state index is 11.5. The number of piperidine rings is 1. The Morgan fingerprint density at radius 1 is 1.16 bits per heavy atom. The summed E-state index contributed by atoms with van der Waals surface area (Å²) >= 11 is 0. The molecule has 31 heavy (non-hydrogen) atoms. The van der Waals surface area contributed by atoms with Crippen molar-refractivity contribution in [1.82, 2.24) is 5.32 Å². The van der Waals surface area contributed by atoms with E-state index in [4.69, 9.17) is 10.5 Å². The van der Waals surface area contributed by atoms with Gasteiger partial charge in [0.2, 0.25) is 0 Å². The third-order valence-corrected chi connectivity index (χ3v) is 11.5. The lowest BCUT2D eigenvalue weighted by Crippen LogP contribution is -2.68. The normalized spacial score (nSPS) is 60.7. The number of hydrogen-bond donors (Lipinski definition) is 3. The minimum atomic E-state index is -0.980.